The Kier molecular flexibility index (Phi) is 11.1. The van der Waals surface area contributed by atoms with E-state index in [0.29, 0.717) is 26.3 Å². The topological polar surface area (TPSA) is 80.2 Å². The van der Waals surface area contributed by atoms with Gasteiger partial charge in [0.1, 0.15) is 0 Å². The van der Waals surface area contributed by atoms with Gasteiger partial charge < -0.3 is 29.7 Å². The van der Waals surface area contributed by atoms with Gasteiger partial charge >= 0.3 is 0 Å². The first-order valence-electron chi connectivity index (χ1n) is 5.33. The summed E-state index contributed by atoms with van der Waals surface area (Å²) in [5.41, 5.74) is 0. The second-order valence-corrected chi connectivity index (χ2v) is 3.49. The van der Waals surface area contributed by atoms with E-state index < -0.39 is 12.2 Å². The molecule has 0 spiro atoms. The molecule has 0 aromatic carbocycles. The Hall–Kier alpha value is -0.240. The molecule has 0 aliphatic carbocycles. The van der Waals surface area contributed by atoms with Crippen LogP contribution in [0.3, 0.4) is 0 Å². The molecule has 0 saturated heterocycles. The molecule has 0 aliphatic rings. The molecule has 3 N–H and O–H groups in total. The molecular weight excluding hydrogens is 214 g/mol. The first-order chi connectivity index (χ1) is 7.70. The highest BCUT2D eigenvalue weighted by molar-refractivity contribution is 4.62. The number of methoxy groups -OCH3 is 2. The number of hydrogen-bond acceptors (Lipinski definition) is 6. The summed E-state index contributed by atoms with van der Waals surface area (Å²) in [6.07, 6.45) is -1.13. The molecule has 0 aliphatic heterocycles. The van der Waals surface area contributed by atoms with E-state index in [-0.39, 0.29) is 13.2 Å². The van der Waals surface area contributed by atoms with Crippen LogP contribution in [0.5, 0.6) is 0 Å². The number of ether oxygens (including phenoxy) is 3. The van der Waals surface area contributed by atoms with E-state index in [1.807, 2.05) is 0 Å². The van der Waals surface area contributed by atoms with E-state index in [1.54, 1.807) is 7.11 Å². The summed E-state index contributed by atoms with van der Waals surface area (Å²) in [5, 5.41) is 21.7. The smallest absolute Gasteiger partial charge is 0.0897 e. The molecule has 0 heterocycles. The molecule has 0 fully saturated rings. The third kappa shape index (κ3) is 10.3. The van der Waals surface area contributed by atoms with Crippen molar-refractivity contribution in [3.63, 3.8) is 0 Å². The molecule has 16 heavy (non-hydrogen) atoms. The highest BCUT2D eigenvalue weighted by Gasteiger charge is 2.06. The number of rotatable bonds is 11. The Morgan fingerprint density at radius 1 is 0.938 bits per heavy atom. The lowest BCUT2D eigenvalue weighted by Gasteiger charge is -2.14. The summed E-state index contributed by atoms with van der Waals surface area (Å²) in [4.78, 5) is 0. The van der Waals surface area contributed by atoms with Gasteiger partial charge in [0.2, 0.25) is 0 Å². The summed E-state index contributed by atoms with van der Waals surface area (Å²) in [7, 11) is 3.13. The van der Waals surface area contributed by atoms with Crippen molar-refractivity contribution < 1.29 is 24.4 Å². The van der Waals surface area contributed by atoms with E-state index in [9.17, 15) is 10.2 Å². The highest BCUT2D eigenvalue weighted by atomic mass is 16.5. The van der Waals surface area contributed by atoms with Crippen LogP contribution in [0.4, 0.5) is 0 Å². The fourth-order valence-electron chi connectivity index (χ4n) is 1.09. The molecule has 0 rings (SSSR count). The molecule has 0 aromatic rings. The lowest BCUT2D eigenvalue weighted by molar-refractivity contribution is 0.0112. The van der Waals surface area contributed by atoms with Crippen LogP contribution in [0.15, 0.2) is 0 Å². The van der Waals surface area contributed by atoms with Crippen LogP contribution in [-0.2, 0) is 14.2 Å². The van der Waals surface area contributed by atoms with E-state index in [1.165, 1.54) is 7.11 Å². The van der Waals surface area contributed by atoms with Gasteiger partial charge in [-0.3, -0.25) is 0 Å². The maximum absolute atomic E-state index is 9.45. The van der Waals surface area contributed by atoms with Crippen molar-refractivity contribution in [2.75, 3.05) is 53.7 Å². The normalized spacial score (nSPS) is 15.0. The third-order valence-electron chi connectivity index (χ3n) is 1.86. The molecule has 6 heteroatoms. The quantitative estimate of drug-likeness (QED) is 0.384. The van der Waals surface area contributed by atoms with Crippen molar-refractivity contribution in [2.45, 2.75) is 12.2 Å². The van der Waals surface area contributed by atoms with Crippen LogP contribution in [0.2, 0.25) is 0 Å². The molecule has 2 atom stereocenters. The van der Waals surface area contributed by atoms with Crippen molar-refractivity contribution in [3.05, 3.63) is 0 Å². The molecule has 2 unspecified atom stereocenters. The van der Waals surface area contributed by atoms with E-state index >= 15 is 0 Å². The molecule has 0 radical (unpaired) electrons. The Balaban J connectivity index is 3.26. The number of hydrogen-bond donors (Lipinski definition) is 3. The van der Waals surface area contributed by atoms with Crippen molar-refractivity contribution >= 4 is 0 Å². The van der Waals surface area contributed by atoms with Gasteiger partial charge in [-0.1, -0.05) is 0 Å². The minimum atomic E-state index is -0.577. The Bertz CT molecular complexity index is 147. The maximum atomic E-state index is 9.45. The molecule has 0 aromatic heterocycles. The molecule has 6 nitrogen and oxygen atoms in total. The molecular formula is C10H23NO5. The van der Waals surface area contributed by atoms with Crippen LogP contribution in [0.25, 0.3) is 0 Å². The number of aliphatic hydroxyl groups excluding tert-OH is 2. The fourth-order valence-corrected chi connectivity index (χ4v) is 1.09. The van der Waals surface area contributed by atoms with Crippen LogP contribution in [0.1, 0.15) is 0 Å². The summed E-state index contributed by atoms with van der Waals surface area (Å²) in [6, 6.07) is 0. The lowest BCUT2D eigenvalue weighted by atomic mass is 10.3. The van der Waals surface area contributed by atoms with Crippen LogP contribution in [-0.4, -0.2) is 76.2 Å². The summed E-state index contributed by atoms with van der Waals surface area (Å²) in [6.45, 7) is 2.31. The van der Waals surface area contributed by atoms with Crippen molar-refractivity contribution in [3.8, 4) is 0 Å². The predicted molar refractivity (Wildman–Crippen MR) is 59.5 cm³/mol. The second-order valence-electron chi connectivity index (χ2n) is 3.49. The molecule has 0 amide bonds. The van der Waals surface area contributed by atoms with E-state index in [4.69, 9.17) is 14.2 Å². The Morgan fingerprint density at radius 2 is 1.56 bits per heavy atom. The first kappa shape index (κ1) is 15.8. The largest absolute Gasteiger partial charge is 0.389 e. The SMILES string of the molecule is COCCOCC(O)CNCC(O)COC. The third-order valence-corrected chi connectivity index (χ3v) is 1.86. The number of nitrogens with one attached hydrogen (secondary N) is 1. The standard InChI is InChI=1S/C10H23NO5/c1-14-3-4-16-8-10(13)6-11-5-9(12)7-15-2/h9-13H,3-8H2,1-2H3. The van der Waals surface area contributed by atoms with Crippen molar-refractivity contribution in [2.24, 2.45) is 0 Å². The minimum absolute atomic E-state index is 0.261. The molecule has 0 bridgehead atoms. The second kappa shape index (κ2) is 11.3. The van der Waals surface area contributed by atoms with Crippen LogP contribution < -0.4 is 5.32 Å². The zero-order valence-electron chi connectivity index (χ0n) is 10.0. The average Bonchev–Trinajstić information content (AvgIpc) is 2.25. The van der Waals surface area contributed by atoms with Crippen molar-refractivity contribution in [1.29, 1.82) is 0 Å². The number of aliphatic hydroxyl groups is 2. The van der Waals surface area contributed by atoms with Crippen molar-refractivity contribution in [1.82, 2.24) is 5.32 Å². The Labute approximate surface area is 96.5 Å². The van der Waals surface area contributed by atoms with Crippen LogP contribution in [0, 0.1) is 0 Å². The zero-order chi connectivity index (χ0) is 12.2. The predicted octanol–water partition coefficient (Wildman–Crippen LogP) is -1.39. The minimum Gasteiger partial charge on any atom is -0.389 e. The van der Waals surface area contributed by atoms with Crippen LogP contribution >= 0.6 is 0 Å². The van der Waals surface area contributed by atoms with Gasteiger partial charge in [0.15, 0.2) is 0 Å². The van der Waals surface area contributed by atoms with E-state index in [0.717, 1.165) is 0 Å². The fraction of sp³-hybridized carbons (Fsp3) is 1.00. The highest BCUT2D eigenvalue weighted by Crippen LogP contribution is 1.86. The monoisotopic (exact) mass is 237 g/mol. The van der Waals surface area contributed by atoms with Gasteiger partial charge in [0.25, 0.3) is 0 Å². The zero-order valence-corrected chi connectivity index (χ0v) is 10.0. The van der Waals surface area contributed by atoms with Gasteiger partial charge in [-0.2, -0.15) is 0 Å². The van der Waals surface area contributed by atoms with E-state index in [2.05, 4.69) is 5.32 Å². The summed E-state index contributed by atoms with van der Waals surface area (Å²) in [5.74, 6) is 0. The summed E-state index contributed by atoms with van der Waals surface area (Å²) < 4.78 is 14.7. The average molecular weight is 237 g/mol. The van der Waals surface area contributed by atoms with Gasteiger partial charge in [-0.25, -0.2) is 0 Å². The van der Waals surface area contributed by atoms with Gasteiger partial charge in [0.05, 0.1) is 38.6 Å². The van der Waals surface area contributed by atoms with Gasteiger partial charge in [0, 0.05) is 27.3 Å². The van der Waals surface area contributed by atoms with Gasteiger partial charge in [-0.05, 0) is 0 Å². The molecule has 0 saturated carbocycles. The first-order valence-corrected chi connectivity index (χ1v) is 5.33. The summed E-state index contributed by atoms with van der Waals surface area (Å²) >= 11 is 0. The molecule has 98 valence electrons. The maximum Gasteiger partial charge on any atom is 0.0897 e. The van der Waals surface area contributed by atoms with Gasteiger partial charge in [-0.15, -0.1) is 0 Å². The Morgan fingerprint density at radius 3 is 2.12 bits per heavy atom. The lowest BCUT2D eigenvalue weighted by Crippen LogP contribution is -2.36.